The third-order valence-electron chi connectivity index (χ3n) is 5.55. The van der Waals surface area contributed by atoms with Crippen LogP contribution < -0.4 is 15.4 Å². The van der Waals surface area contributed by atoms with Crippen LogP contribution in [0, 0.1) is 11.8 Å². The molecule has 0 aromatic heterocycles. The lowest BCUT2D eigenvalue weighted by Gasteiger charge is -2.30. The molecule has 0 spiro atoms. The molecular formula is C25H38N4O2. The Bertz CT molecular complexity index is 785. The van der Waals surface area contributed by atoms with E-state index in [9.17, 15) is 0 Å². The van der Waals surface area contributed by atoms with Crippen LogP contribution in [0.25, 0.3) is 0 Å². The standard InChI is InChI=1S/C25H38N4O2/c1-7-23(19(4)26-5)28-16-20-11-10-12-21(15-20)17-30-25(29-27-6)22-13-8-9-14-24(22)31-18(2)3/h7-9,13-14,18,20-21,26,28H,1,6,10-12,15-17H2,2-5H3/b23-19+,29-25-. The van der Waals surface area contributed by atoms with Crippen molar-refractivity contribution >= 4 is 12.6 Å². The molecule has 0 radical (unpaired) electrons. The third kappa shape index (κ3) is 7.78. The molecule has 170 valence electrons. The molecule has 2 N–H and O–H groups in total. The Morgan fingerprint density at radius 3 is 2.68 bits per heavy atom. The zero-order valence-corrected chi connectivity index (χ0v) is 19.5. The molecule has 0 amide bonds. The number of para-hydroxylation sites is 1. The number of benzene rings is 1. The summed E-state index contributed by atoms with van der Waals surface area (Å²) in [5, 5.41) is 14.6. The minimum atomic E-state index is 0.0618. The molecule has 1 saturated carbocycles. The van der Waals surface area contributed by atoms with E-state index in [2.05, 4.69) is 41.1 Å². The van der Waals surface area contributed by atoms with Crippen molar-refractivity contribution in [3.8, 4) is 5.75 Å². The minimum Gasteiger partial charge on any atom is -0.490 e. The van der Waals surface area contributed by atoms with Crippen LogP contribution in [-0.4, -0.2) is 38.9 Å². The monoisotopic (exact) mass is 426 g/mol. The second kappa shape index (κ2) is 12.8. The highest BCUT2D eigenvalue weighted by atomic mass is 16.5. The fourth-order valence-corrected chi connectivity index (χ4v) is 3.91. The predicted molar refractivity (Wildman–Crippen MR) is 130 cm³/mol. The highest BCUT2D eigenvalue weighted by Gasteiger charge is 2.24. The van der Waals surface area contributed by atoms with Crippen LogP contribution in [0.3, 0.4) is 0 Å². The van der Waals surface area contributed by atoms with Crippen LogP contribution in [0.1, 0.15) is 52.0 Å². The van der Waals surface area contributed by atoms with Gasteiger partial charge in [0.2, 0.25) is 5.90 Å². The Hall–Kier alpha value is -2.76. The SMILES string of the molecule is C=C/C(NCC1CCCC(CO/C(=N\N=C)c2ccccc2OC(C)C)C1)=C(/C)NC. The molecule has 6 heteroatoms. The first kappa shape index (κ1) is 24.5. The maximum absolute atomic E-state index is 6.16. The molecule has 0 aliphatic heterocycles. The fraction of sp³-hybridized carbons (Fsp3) is 0.520. The summed E-state index contributed by atoms with van der Waals surface area (Å²) in [5.41, 5.74) is 2.97. The molecule has 1 fully saturated rings. The largest absolute Gasteiger partial charge is 0.490 e. The van der Waals surface area contributed by atoms with Gasteiger partial charge in [0.15, 0.2) is 0 Å². The van der Waals surface area contributed by atoms with Gasteiger partial charge in [0.05, 0.1) is 24.0 Å². The average Bonchev–Trinajstić information content (AvgIpc) is 2.77. The van der Waals surface area contributed by atoms with Crippen LogP contribution in [-0.2, 0) is 4.74 Å². The number of ether oxygens (including phenoxy) is 2. The van der Waals surface area contributed by atoms with E-state index < -0.39 is 0 Å². The van der Waals surface area contributed by atoms with Crippen molar-refractivity contribution in [3.05, 3.63) is 53.9 Å². The first-order valence-corrected chi connectivity index (χ1v) is 11.2. The van der Waals surface area contributed by atoms with Gasteiger partial charge in [-0.3, -0.25) is 0 Å². The van der Waals surface area contributed by atoms with Gasteiger partial charge in [-0.1, -0.05) is 25.1 Å². The highest BCUT2D eigenvalue weighted by molar-refractivity contribution is 5.96. The third-order valence-corrected chi connectivity index (χ3v) is 5.55. The molecular weight excluding hydrogens is 388 g/mol. The minimum absolute atomic E-state index is 0.0618. The Kier molecular flexibility index (Phi) is 10.1. The van der Waals surface area contributed by atoms with Crippen LogP contribution >= 0.6 is 0 Å². The van der Waals surface area contributed by atoms with E-state index in [4.69, 9.17) is 9.47 Å². The number of nitrogens with one attached hydrogen (secondary N) is 2. The van der Waals surface area contributed by atoms with Gasteiger partial charge in [-0.15, -0.1) is 5.10 Å². The van der Waals surface area contributed by atoms with Crippen LogP contribution in [0.4, 0.5) is 0 Å². The molecule has 1 aromatic carbocycles. The maximum atomic E-state index is 6.16. The molecule has 2 rings (SSSR count). The van der Waals surface area contributed by atoms with E-state index in [1.807, 2.05) is 51.2 Å². The van der Waals surface area contributed by atoms with E-state index in [1.165, 1.54) is 12.8 Å². The van der Waals surface area contributed by atoms with Gasteiger partial charge in [-0.25, -0.2) is 0 Å². The van der Waals surface area contributed by atoms with Gasteiger partial charge in [0, 0.05) is 26.0 Å². The quantitative estimate of drug-likeness (QED) is 0.229. The van der Waals surface area contributed by atoms with Crippen molar-refractivity contribution in [1.82, 2.24) is 10.6 Å². The number of hydrogen-bond acceptors (Lipinski definition) is 6. The molecule has 0 heterocycles. The van der Waals surface area contributed by atoms with Crippen molar-refractivity contribution in [3.63, 3.8) is 0 Å². The lowest BCUT2D eigenvalue weighted by atomic mass is 9.81. The summed E-state index contributed by atoms with van der Waals surface area (Å²) < 4.78 is 12.1. The van der Waals surface area contributed by atoms with E-state index in [0.29, 0.717) is 24.3 Å². The van der Waals surface area contributed by atoms with Gasteiger partial charge in [-0.2, -0.15) is 5.10 Å². The molecule has 6 nitrogen and oxygen atoms in total. The summed E-state index contributed by atoms with van der Waals surface area (Å²) in [7, 11) is 1.93. The normalized spacial score (nSPS) is 20.0. The van der Waals surface area contributed by atoms with E-state index in [1.54, 1.807) is 0 Å². The lowest BCUT2D eigenvalue weighted by Crippen LogP contribution is -2.30. The molecule has 2 atom stereocenters. The topological polar surface area (TPSA) is 67.2 Å². The van der Waals surface area contributed by atoms with Crippen LogP contribution in [0.2, 0.25) is 0 Å². The van der Waals surface area contributed by atoms with Crippen molar-refractivity contribution in [1.29, 1.82) is 0 Å². The zero-order chi connectivity index (χ0) is 22.6. The van der Waals surface area contributed by atoms with Gasteiger partial charge < -0.3 is 20.1 Å². The smallest absolute Gasteiger partial charge is 0.244 e. The summed E-state index contributed by atoms with van der Waals surface area (Å²) in [5.74, 6) is 2.30. The van der Waals surface area contributed by atoms with Gasteiger partial charge in [0.1, 0.15) is 5.75 Å². The zero-order valence-electron chi connectivity index (χ0n) is 19.5. The second-order valence-electron chi connectivity index (χ2n) is 8.29. The van der Waals surface area contributed by atoms with Crippen LogP contribution in [0.15, 0.2) is 58.5 Å². The van der Waals surface area contributed by atoms with Crippen molar-refractivity contribution < 1.29 is 9.47 Å². The summed E-state index contributed by atoms with van der Waals surface area (Å²) in [6.07, 6.45) is 6.65. The molecule has 0 saturated heterocycles. The second-order valence-corrected chi connectivity index (χ2v) is 8.29. The Morgan fingerprint density at radius 2 is 2.00 bits per heavy atom. The summed E-state index contributed by atoms with van der Waals surface area (Å²) in [6.45, 7) is 15.0. The number of hydrogen-bond donors (Lipinski definition) is 2. The van der Waals surface area contributed by atoms with Crippen LogP contribution in [0.5, 0.6) is 5.75 Å². The maximum Gasteiger partial charge on any atom is 0.244 e. The predicted octanol–water partition coefficient (Wildman–Crippen LogP) is 4.89. The number of nitrogens with zero attached hydrogens (tertiary/aromatic N) is 2. The average molecular weight is 427 g/mol. The number of rotatable bonds is 11. The molecule has 1 aliphatic carbocycles. The molecule has 2 unspecified atom stereocenters. The van der Waals surface area contributed by atoms with Gasteiger partial charge in [-0.05, 0) is 70.1 Å². The van der Waals surface area contributed by atoms with E-state index >= 15 is 0 Å². The van der Waals surface area contributed by atoms with Gasteiger partial charge in [0.25, 0.3) is 0 Å². The Balaban J connectivity index is 1.98. The lowest BCUT2D eigenvalue weighted by molar-refractivity contribution is 0.167. The first-order chi connectivity index (χ1) is 15.0. The van der Waals surface area contributed by atoms with Gasteiger partial charge >= 0.3 is 0 Å². The summed E-state index contributed by atoms with van der Waals surface area (Å²) in [4.78, 5) is 0. The summed E-state index contributed by atoms with van der Waals surface area (Å²) >= 11 is 0. The Labute approximate surface area is 187 Å². The fourth-order valence-electron chi connectivity index (χ4n) is 3.91. The molecule has 1 aliphatic rings. The van der Waals surface area contributed by atoms with Crippen molar-refractivity contribution in [2.45, 2.75) is 52.6 Å². The summed E-state index contributed by atoms with van der Waals surface area (Å²) in [6, 6.07) is 7.77. The van der Waals surface area contributed by atoms with E-state index in [-0.39, 0.29) is 6.10 Å². The number of allylic oxidation sites excluding steroid dienone is 2. The Morgan fingerprint density at radius 1 is 1.26 bits per heavy atom. The van der Waals surface area contributed by atoms with Crippen molar-refractivity contribution in [2.24, 2.45) is 22.0 Å². The molecule has 1 aromatic rings. The highest BCUT2D eigenvalue weighted by Crippen LogP contribution is 2.30. The molecule has 0 bridgehead atoms. The first-order valence-electron chi connectivity index (χ1n) is 11.2. The molecule has 31 heavy (non-hydrogen) atoms. The van der Waals surface area contributed by atoms with E-state index in [0.717, 1.165) is 42.1 Å². The van der Waals surface area contributed by atoms with Crippen molar-refractivity contribution in [2.75, 3.05) is 20.2 Å².